The quantitative estimate of drug-likeness (QED) is 0.837. The number of nitrogens with two attached hydrogens (primary N) is 1. The van der Waals surface area contributed by atoms with Crippen LogP contribution in [0.15, 0.2) is 36.4 Å². The van der Waals surface area contributed by atoms with Crippen LogP contribution in [0.1, 0.15) is 23.8 Å². The van der Waals surface area contributed by atoms with Gasteiger partial charge in [0.05, 0.1) is 34.3 Å². The number of ether oxygens (including phenoxy) is 1. The summed E-state index contributed by atoms with van der Waals surface area (Å²) in [5.41, 5.74) is 6.33. The number of morpholine rings is 1. The predicted octanol–water partition coefficient (Wildman–Crippen LogP) is 2.06. The standard InChI is InChI=1S/C19H21N3O3S/c20-17(23)15-11-22(9-10-25-15)19(24)13-6-2-1-5-12(13)18-21-14-7-3-4-8-16(14)26-18/h1-4,7-8,12-13,15H,5-6,9-11H2,(H2,20,23). The van der Waals surface area contributed by atoms with E-state index in [9.17, 15) is 9.59 Å². The molecule has 3 unspecified atom stereocenters. The minimum Gasteiger partial charge on any atom is -0.367 e. The fourth-order valence-corrected chi connectivity index (χ4v) is 4.81. The van der Waals surface area contributed by atoms with Crippen molar-refractivity contribution in [3.05, 3.63) is 41.4 Å². The molecule has 0 bridgehead atoms. The van der Waals surface area contributed by atoms with E-state index in [1.807, 2.05) is 18.2 Å². The molecular weight excluding hydrogens is 350 g/mol. The van der Waals surface area contributed by atoms with Crippen molar-refractivity contribution in [1.29, 1.82) is 0 Å². The van der Waals surface area contributed by atoms with Gasteiger partial charge in [-0.3, -0.25) is 9.59 Å². The molecule has 1 aromatic carbocycles. The number of aromatic nitrogens is 1. The van der Waals surface area contributed by atoms with E-state index in [0.29, 0.717) is 19.6 Å². The molecule has 136 valence electrons. The molecule has 0 spiro atoms. The lowest BCUT2D eigenvalue weighted by Gasteiger charge is -2.36. The maximum Gasteiger partial charge on any atom is 0.248 e. The van der Waals surface area contributed by atoms with Crippen molar-refractivity contribution in [3.8, 4) is 0 Å². The van der Waals surface area contributed by atoms with Crippen LogP contribution in [0.25, 0.3) is 10.2 Å². The highest BCUT2D eigenvalue weighted by Crippen LogP contribution is 2.39. The van der Waals surface area contributed by atoms with Gasteiger partial charge in [0.15, 0.2) is 6.10 Å². The van der Waals surface area contributed by atoms with Crippen LogP contribution in [0.2, 0.25) is 0 Å². The van der Waals surface area contributed by atoms with Gasteiger partial charge in [-0.1, -0.05) is 24.3 Å². The number of amides is 2. The number of primary amides is 1. The van der Waals surface area contributed by atoms with Gasteiger partial charge in [-0.2, -0.15) is 0 Å². The number of para-hydroxylation sites is 1. The summed E-state index contributed by atoms with van der Waals surface area (Å²) in [4.78, 5) is 31.1. The summed E-state index contributed by atoms with van der Waals surface area (Å²) in [5.74, 6) is -0.547. The minimum atomic E-state index is -0.715. The van der Waals surface area contributed by atoms with E-state index in [1.165, 1.54) is 0 Å². The summed E-state index contributed by atoms with van der Waals surface area (Å²) < 4.78 is 6.51. The van der Waals surface area contributed by atoms with E-state index in [-0.39, 0.29) is 24.3 Å². The molecule has 1 saturated heterocycles. The minimum absolute atomic E-state index is 0.0631. The Bertz CT molecular complexity index is 830. The van der Waals surface area contributed by atoms with Gasteiger partial charge in [0.25, 0.3) is 0 Å². The first-order valence-corrected chi connectivity index (χ1v) is 9.65. The van der Waals surface area contributed by atoms with Crippen LogP contribution in [0.3, 0.4) is 0 Å². The summed E-state index contributed by atoms with van der Waals surface area (Å²) in [7, 11) is 0. The van der Waals surface area contributed by atoms with Gasteiger partial charge >= 0.3 is 0 Å². The molecule has 1 aliphatic carbocycles. The molecule has 3 atom stereocenters. The Labute approximate surface area is 155 Å². The van der Waals surface area contributed by atoms with Crippen LogP contribution in [-0.4, -0.2) is 47.5 Å². The van der Waals surface area contributed by atoms with E-state index < -0.39 is 12.0 Å². The first kappa shape index (κ1) is 17.2. The van der Waals surface area contributed by atoms with Crippen LogP contribution in [0, 0.1) is 5.92 Å². The smallest absolute Gasteiger partial charge is 0.248 e. The maximum absolute atomic E-state index is 13.2. The van der Waals surface area contributed by atoms with Crippen molar-refractivity contribution in [3.63, 3.8) is 0 Å². The molecule has 26 heavy (non-hydrogen) atoms. The lowest BCUT2D eigenvalue weighted by Crippen LogP contribution is -2.52. The van der Waals surface area contributed by atoms with E-state index in [4.69, 9.17) is 15.5 Å². The zero-order valence-corrected chi connectivity index (χ0v) is 15.2. The predicted molar refractivity (Wildman–Crippen MR) is 99.7 cm³/mol. The van der Waals surface area contributed by atoms with E-state index >= 15 is 0 Å². The molecule has 4 rings (SSSR count). The average Bonchev–Trinajstić information content (AvgIpc) is 3.11. The molecule has 0 saturated carbocycles. The average molecular weight is 371 g/mol. The number of carbonyl (C=O) groups is 2. The SMILES string of the molecule is NC(=O)C1CN(C(=O)C2CC=CCC2c2nc3ccccc3s2)CCO1. The molecule has 2 amide bonds. The number of hydrogen-bond acceptors (Lipinski definition) is 5. The highest BCUT2D eigenvalue weighted by atomic mass is 32.1. The second-order valence-corrected chi connectivity index (χ2v) is 7.78. The Hall–Kier alpha value is -2.25. The molecule has 1 aliphatic heterocycles. The number of benzene rings is 1. The van der Waals surface area contributed by atoms with Crippen molar-refractivity contribution >= 4 is 33.4 Å². The number of rotatable bonds is 3. The number of fused-ring (bicyclic) bond motifs is 1. The number of nitrogens with zero attached hydrogens (tertiary/aromatic N) is 2. The van der Waals surface area contributed by atoms with Gasteiger partial charge in [0.1, 0.15) is 0 Å². The van der Waals surface area contributed by atoms with Crippen molar-refractivity contribution in [2.75, 3.05) is 19.7 Å². The summed E-state index contributed by atoms with van der Waals surface area (Å²) >= 11 is 1.66. The molecule has 6 nitrogen and oxygen atoms in total. The highest BCUT2D eigenvalue weighted by molar-refractivity contribution is 7.18. The summed E-state index contributed by atoms with van der Waals surface area (Å²) in [6, 6.07) is 8.05. The third kappa shape index (κ3) is 3.24. The van der Waals surface area contributed by atoms with Crippen molar-refractivity contribution in [2.45, 2.75) is 24.9 Å². The van der Waals surface area contributed by atoms with Crippen LogP contribution in [-0.2, 0) is 14.3 Å². The van der Waals surface area contributed by atoms with Crippen molar-refractivity contribution in [2.24, 2.45) is 11.7 Å². The van der Waals surface area contributed by atoms with E-state index in [0.717, 1.165) is 21.6 Å². The molecule has 2 N–H and O–H groups in total. The molecule has 2 aliphatic rings. The molecular formula is C19H21N3O3S. The van der Waals surface area contributed by atoms with Gasteiger partial charge in [0.2, 0.25) is 11.8 Å². The van der Waals surface area contributed by atoms with Gasteiger partial charge in [0, 0.05) is 12.5 Å². The zero-order chi connectivity index (χ0) is 18.1. The van der Waals surface area contributed by atoms with Gasteiger partial charge in [-0.05, 0) is 25.0 Å². The van der Waals surface area contributed by atoms with Crippen molar-refractivity contribution < 1.29 is 14.3 Å². The molecule has 1 fully saturated rings. The topological polar surface area (TPSA) is 85.5 Å². The Morgan fingerprint density at radius 3 is 2.85 bits per heavy atom. The van der Waals surface area contributed by atoms with Gasteiger partial charge < -0.3 is 15.4 Å². The Morgan fingerprint density at radius 1 is 1.23 bits per heavy atom. The van der Waals surface area contributed by atoms with Crippen molar-refractivity contribution in [1.82, 2.24) is 9.88 Å². The lowest BCUT2D eigenvalue weighted by molar-refractivity contribution is -0.148. The third-order valence-electron chi connectivity index (χ3n) is 5.07. The lowest BCUT2D eigenvalue weighted by atomic mass is 9.82. The number of hydrogen-bond donors (Lipinski definition) is 1. The zero-order valence-electron chi connectivity index (χ0n) is 14.3. The van der Waals surface area contributed by atoms with E-state index in [1.54, 1.807) is 16.2 Å². The maximum atomic E-state index is 13.2. The van der Waals surface area contributed by atoms with Gasteiger partial charge in [-0.25, -0.2) is 4.98 Å². The fourth-order valence-electron chi connectivity index (χ4n) is 3.66. The Balaban J connectivity index is 1.58. The molecule has 2 heterocycles. The number of carbonyl (C=O) groups excluding carboxylic acids is 2. The Kier molecular flexibility index (Phi) is 4.74. The Morgan fingerprint density at radius 2 is 2.04 bits per heavy atom. The van der Waals surface area contributed by atoms with Gasteiger partial charge in [-0.15, -0.1) is 11.3 Å². The normalized spacial score (nSPS) is 26.2. The second-order valence-electron chi connectivity index (χ2n) is 6.72. The largest absolute Gasteiger partial charge is 0.367 e. The number of thiazole rings is 1. The monoisotopic (exact) mass is 371 g/mol. The van der Waals surface area contributed by atoms with Crippen LogP contribution >= 0.6 is 11.3 Å². The molecule has 7 heteroatoms. The fraction of sp³-hybridized carbons (Fsp3) is 0.421. The summed E-state index contributed by atoms with van der Waals surface area (Å²) in [5, 5.41) is 1.01. The molecule has 2 aromatic rings. The second kappa shape index (κ2) is 7.17. The third-order valence-corrected chi connectivity index (χ3v) is 6.24. The highest BCUT2D eigenvalue weighted by Gasteiger charge is 2.37. The first-order chi connectivity index (χ1) is 12.6. The molecule has 0 radical (unpaired) electrons. The van der Waals surface area contributed by atoms with E-state index in [2.05, 4.69) is 18.2 Å². The summed E-state index contributed by atoms with van der Waals surface area (Å²) in [6.45, 7) is 1.07. The van der Waals surface area contributed by atoms with Crippen LogP contribution in [0.5, 0.6) is 0 Å². The van der Waals surface area contributed by atoms with Crippen LogP contribution in [0.4, 0.5) is 0 Å². The van der Waals surface area contributed by atoms with Crippen LogP contribution < -0.4 is 5.73 Å². The molecule has 1 aromatic heterocycles. The number of allylic oxidation sites excluding steroid dienone is 2. The summed E-state index contributed by atoms with van der Waals surface area (Å²) in [6.07, 6.45) is 4.98. The first-order valence-electron chi connectivity index (χ1n) is 8.83.